The number of alkyl halides is 3. The van der Waals surface area contributed by atoms with E-state index in [2.05, 4.69) is 4.98 Å². The fourth-order valence-corrected chi connectivity index (χ4v) is 1.50. The van der Waals surface area contributed by atoms with E-state index in [0.717, 1.165) is 6.07 Å². The highest BCUT2D eigenvalue weighted by atomic mass is 19.4. The number of hydrogen-bond acceptors (Lipinski definition) is 2. The van der Waals surface area contributed by atoms with Crippen LogP contribution in [-0.4, -0.2) is 20.5 Å². The van der Waals surface area contributed by atoms with E-state index >= 15 is 0 Å². The van der Waals surface area contributed by atoms with Gasteiger partial charge in [-0.1, -0.05) is 0 Å². The molecule has 0 unspecified atom stereocenters. The Bertz CT molecular complexity index is 574. The minimum Gasteiger partial charge on any atom is -0.481 e. The summed E-state index contributed by atoms with van der Waals surface area (Å²) in [4.78, 5) is 13.9. The Kier molecular flexibility index (Phi) is 2.53. The van der Waals surface area contributed by atoms with Crippen LogP contribution in [0.1, 0.15) is 11.4 Å². The summed E-state index contributed by atoms with van der Waals surface area (Å²) in [6.07, 6.45) is -3.59. The van der Waals surface area contributed by atoms with Gasteiger partial charge in [0.15, 0.2) is 0 Å². The van der Waals surface area contributed by atoms with Crippen molar-refractivity contribution >= 4 is 11.6 Å². The van der Waals surface area contributed by atoms with Gasteiger partial charge in [0.2, 0.25) is 0 Å². The molecule has 2 aromatic rings. The van der Waals surface area contributed by atoms with Crippen molar-refractivity contribution < 1.29 is 23.1 Å². The minimum absolute atomic E-state index is 0.0797. The van der Waals surface area contributed by atoms with E-state index in [9.17, 15) is 18.0 Å². The normalized spacial score (nSPS) is 11.9. The molecule has 0 bridgehead atoms. The second kappa shape index (κ2) is 3.76. The Labute approximate surface area is 93.3 Å². The fraction of sp³-hybridized carbons (Fsp3) is 0.200. The zero-order chi connectivity index (χ0) is 12.6. The smallest absolute Gasteiger partial charge is 0.433 e. The van der Waals surface area contributed by atoms with E-state index < -0.39 is 17.8 Å². The van der Waals surface area contributed by atoms with Crippen LogP contribution in [0.15, 0.2) is 24.4 Å². The number of carbonyl (C=O) groups is 1. The summed E-state index contributed by atoms with van der Waals surface area (Å²) in [5.74, 6) is -1.05. The predicted molar refractivity (Wildman–Crippen MR) is 51.5 cm³/mol. The number of carboxylic acids is 1. The molecular weight excluding hydrogens is 237 g/mol. The molecule has 2 heterocycles. The first-order valence-electron chi connectivity index (χ1n) is 4.64. The van der Waals surface area contributed by atoms with Crippen LogP contribution in [-0.2, 0) is 17.4 Å². The van der Waals surface area contributed by atoms with Gasteiger partial charge in [-0.3, -0.25) is 4.79 Å². The maximum atomic E-state index is 12.4. The highest BCUT2D eigenvalue weighted by molar-refractivity contribution is 5.70. The summed E-state index contributed by atoms with van der Waals surface area (Å²) in [5, 5.41) is 8.61. The van der Waals surface area contributed by atoms with Crippen LogP contribution < -0.4 is 0 Å². The molecule has 0 amide bonds. The highest BCUT2D eigenvalue weighted by Gasteiger charge is 2.32. The zero-order valence-corrected chi connectivity index (χ0v) is 8.40. The summed E-state index contributed by atoms with van der Waals surface area (Å²) in [6, 6.07) is 3.61. The molecule has 2 rings (SSSR count). The molecule has 0 aliphatic carbocycles. The quantitative estimate of drug-likeness (QED) is 0.878. The lowest BCUT2D eigenvalue weighted by atomic mass is 10.3. The molecule has 90 valence electrons. The van der Waals surface area contributed by atoms with Crippen LogP contribution in [0.2, 0.25) is 0 Å². The number of aliphatic carboxylic acids is 1. The van der Waals surface area contributed by atoms with Gasteiger partial charge in [0.25, 0.3) is 0 Å². The molecule has 0 fully saturated rings. The zero-order valence-electron chi connectivity index (χ0n) is 8.40. The van der Waals surface area contributed by atoms with Crippen molar-refractivity contribution in [2.75, 3.05) is 0 Å². The molecule has 0 aliphatic heterocycles. The van der Waals surface area contributed by atoms with Crippen molar-refractivity contribution in [1.29, 1.82) is 0 Å². The van der Waals surface area contributed by atoms with Gasteiger partial charge in [0, 0.05) is 11.9 Å². The molecule has 17 heavy (non-hydrogen) atoms. The summed E-state index contributed by atoms with van der Waals surface area (Å²) >= 11 is 0. The Balaban J connectivity index is 2.48. The maximum Gasteiger partial charge on any atom is 0.433 e. The van der Waals surface area contributed by atoms with Gasteiger partial charge in [0.05, 0.1) is 6.42 Å². The average molecular weight is 244 g/mol. The van der Waals surface area contributed by atoms with E-state index in [-0.39, 0.29) is 12.1 Å². The summed E-state index contributed by atoms with van der Waals surface area (Å²) in [6.45, 7) is 0. The number of hydrogen-bond donors (Lipinski definition) is 1. The average Bonchev–Trinajstić information content (AvgIpc) is 2.59. The summed E-state index contributed by atoms with van der Waals surface area (Å²) < 4.78 is 38.4. The molecule has 0 saturated carbocycles. The lowest BCUT2D eigenvalue weighted by molar-refractivity contribution is -0.141. The fourth-order valence-electron chi connectivity index (χ4n) is 1.50. The van der Waals surface area contributed by atoms with Crippen molar-refractivity contribution in [3.05, 3.63) is 35.8 Å². The van der Waals surface area contributed by atoms with Crippen molar-refractivity contribution in [2.45, 2.75) is 12.6 Å². The molecule has 1 N–H and O–H groups in total. The molecule has 0 atom stereocenters. The molecule has 0 radical (unpaired) electrons. The van der Waals surface area contributed by atoms with Gasteiger partial charge in [-0.05, 0) is 18.2 Å². The number of carboxylic acid groups (broad SMARTS) is 1. The monoisotopic (exact) mass is 244 g/mol. The molecular formula is C10H7F3N2O2. The first kappa shape index (κ1) is 11.4. The number of rotatable bonds is 2. The van der Waals surface area contributed by atoms with Crippen LogP contribution in [0.5, 0.6) is 0 Å². The molecule has 2 aromatic heterocycles. The van der Waals surface area contributed by atoms with E-state index in [4.69, 9.17) is 5.11 Å². The predicted octanol–water partition coefficient (Wildman–Crippen LogP) is 1.98. The standard InChI is InChI=1S/C10H7F3N2O2/c11-10(12,13)7-3-4-15-6(5-9(16)17)1-2-8(15)14-7/h1-4H,5H2,(H,16,17). The van der Waals surface area contributed by atoms with Gasteiger partial charge in [-0.2, -0.15) is 13.2 Å². The number of aromatic nitrogens is 2. The Morgan fingerprint density at radius 3 is 2.65 bits per heavy atom. The minimum atomic E-state index is -4.50. The summed E-state index contributed by atoms with van der Waals surface area (Å²) in [7, 11) is 0. The van der Waals surface area contributed by atoms with Crippen molar-refractivity contribution in [3.63, 3.8) is 0 Å². The molecule has 0 saturated heterocycles. The van der Waals surface area contributed by atoms with E-state index in [1.165, 1.54) is 22.7 Å². The van der Waals surface area contributed by atoms with E-state index in [1.54, 1.807) is 0 Å². The van der Waals surface area contributed by atoms with E-state index in [0.29, 0.717) is 5.69 Å². The lowest BCUT2D eigenvalue weighted by Gasteiger charge is -2.06. The van der Waals surface area contributed by atoms with Gasteiger partial charge in [-0.15, -0.1) is 0 Å². The highest BCUT2D eigenvalue weighted by Crippen LogP contribution is 2.27. The van der Waals surface area contributed by atoms with Crippen LogP contribution in [0.3, 0.4) is 0 Å². The van der Waals surface area contributed by atoms with Gasteiger partial charge < -0.3 is 9.51 Å². The second-order valence-corrected chi connectivity index (χ2v) is 3.43. The number of halogens is 3. The van der Waals surface area contributed by atoms with Crippen LogP contribution in [0.4, 0.5) is 13.2 Å². The first-order valence-corrected chi connectivity index (χ1v) is 4.64. The van der Waals surface area contributed by atoms with Crippen LogP contribution in [0.25, 0.3) is 5.65 Å². The van der Waals surface area contributed by atoms with Gasteiger partial charge >= 0.3 is 12.1 Å². The third kappa shape index (κ3) is 2.22. The Hall–Kier alpha value is -2.05. The van der Waals surface area contributed by atoms with Crippen molar-refractivity contribution in [1.82, 2.24) is 9.38 Å². The van der Waals surface area contributed by atoms with Crippen LogP contribution in [0, 0.1) is 0 Å². The van der Waals surface area contributed by atoms with Gasteiger partial charge in [0.1, 0.15) is 11.3 Å². The molecule has 7 heteroatoms. The van der Waals surface area contributed by atoms with E-state index in [1.807, 2.05) is 0 Å². The lowest BCUT2D eigenvalue weighted by Crippen LogP contribution is -2.09. The largest absolute Gasteiger partial charge is 0.481 e. The first-order chi connectivity index (χ1) is 7.88. The number of fused-ring (bicyclic) bond motifs is 1. The molecule has 4 nitrogen and oxygen atoms in total. The summed E-state index contributed by atoms with van der Waals surface area (Å²) in [5.41, 5.74) is -0.533. The van der Waals surface area contributed by atoms with Crippen LogP contribution >= 0.6 is 0 Å². The SMILES string of the molecule is O=C(O)Cc1ccc2nc(C(F)(F)F)ccn12. The third-order valence-corrected chi connectivity index (χ3v) is 2.22. The topological polar surface area (TPSA) is 54.6 Å². The van der Waals surface area contributed by atoms with Crippen molar-refractivity contribution in [3.8, 4) is 0 Å². The molecule has 0 aliphatic rings. The van der Waals surface area contributed by atoms with Crippen molar-refractivity contribution in [2.24, 2.45) is 0 Å². The third-order valence-electron chi connectivity index (χ3n) is 2.22. The number of nitrogens with zero attached hydrogens (tertiary/aromatic N) is 2. The molecule has 0 aromatic carbocycles. The maximum absolute atomic E-state index is 12.4. The molecule has 0 spiro atoms. The van der Waals surface area contributed by atoms with Gasteiger partial charge in [-0.25, -0.2) is 4.98 Å². The Morgan fingerprint density at radius 1 is 1.35 bits per heavy atom. The Morgan fingerprint density at radius 2 is 2.06 bits per heavy atom. The second-order valence-electron chi connectivity index (χ2n) is 3.43.